The smallest absolute Gasteiger partial charge is 0.252 e. The molecule has 0 atom stereocenters. The zero-order valence-corrected chi connectivity index (χ0v) is 10.6. The van der Waals surface area contributed by atoms with Crippen LogP contribution in [0.1, 0.15) is 29.6 Å². The Hall–Kier alpha value is -2.10. The van der Waals surface area contributed by atoms with Crippen LogP contribution in [0.2, 0.25) is 0 Å². The highest BCUT2D eigenvalue weighted by atomic mass is 16.2. The predicted octanol–water partition coefficient (Wildman–Crippen LogP) is 2.06. The number of rotatable bonds is 4. The first-order valence-corrected chi connectivity index (χ1v) is 6.64. The lowest BCUT2D eigenvalue weighted by Gasteiger charge is -2.07. The molecule has 1 aliphatic rings. The monoisotopic (exact) mass is 256 g/mol. The lowest BCUT2D eigenvalue weighted by atomic mass is 10.1. The summed E-state index contributed by atoms with van der Waals surface area (Å²) < 4.78 is 0. The molecule has 1 fully saturated rings. The standard InChI is InChI=1S/C15H16N2O2/c18-14-9-12(11-3-1-2-4-13(11)17-14)15(19)16-8-7-10-5-6-10/h1-4,9-10H,5-8H2,(H,16,19)(H,17,18). The van der Waals surface area contributed by atoms with Crippen molar-refractivity contribution in [1.82, 2.24) is 10.3 Å². The molecule has 4 heteroatoms. The zero-order valence-electron chi connectivity index (χ0n) is 10.6. The second kappa shape index (κ2) is 4.88. The Balaban J connectivity index is 1.85. The second-order valence-electron chi connectivity index (χ2n) is 5.08. The average Bonchev–Trinajstić information content (AvgIpc) is 3.21. The van der Waals surface area contributed by atoms with Crippen LogP contribution in [0.15, 0.2) is 35.1 Å². The first-order valence-electron chi connectivity index (χ1n) is 6.64. The third-order valence-electron chi connectivity index (χ3n) is 3.53. The predicted molar refractivity (Wildman–Crippen MR) is 74.2 cm³/mol. The number of carbonyl (C=O) groups excluding carboxylic acids is 1. The number of benzene rings is 1. The van der Waals surface area contributed by atoms with Crippen molar-refractivity contribution >= 4 is 16.8 Å². The summed E-state index contributed by atoms with van der Waals surface area (Å²) in [4.78, 5) is 26.4. The number of H-pyrrole nitrogens is 1. The fourth-order valence-electron chi connectivity index (χ4n) is 2.28. The van der Waals surface area contributed by atoms with Gasteiger partial charge < -0.3 is 10.3 Å². The fraction of sp³-hybridized carbons (Fsp3) is 0.333. The molecule has 1 heterocycles. The lowest BCUT2D eigenvalue weighted by Crippen LogP contribution is -2.26. The van der Waals surface area contributed by atoms with Crippen molar-refractivity contribution in [1.29, 1.82) is 0 Å². The molecule has 2 aromatic rings. The summed E-state index contributed by atoms with van der Waals surface area (Å²) in [6.07, 6.45) is 3.60. The van der Waals surface area contributed by atoms with E-state index in [2.05, 4.69) is 10.3 Å². The van der Waals surface area contributed by atoms with Crippen molar-refractivity contribution in [3.8, 4) is 0 Å². The van der Waals surface area contributed by atoms with Crippen molar-refractivity contribution in [2.24, 2.45) is 5.92 Å². The number of amides is 1. The van der Waals surface area contributed by atoms with Crippen LogP contribution in [0.25, 0.3) is 10.9 Å². The highest BCUT2D eigenvalue weighted by molar-refractivity contribution is 6.05. The van der Waals surface area contributed by atoms with E-state index in [4.69, 9.17) is 0 Å². The molecule has 1 aromatic carbocycles. The third kappa shape index (κ3) is 2.67. The van der Waals surface area contributed by atoms with Crippen LogP contribution in [0.3, 0.4) is 0 Å². The molecule has 1 aromatic heterocycles. The maximum Gasteiger partial charge on any atom is 0.252 e. The Morgan fingerprint density at radius 3 is 2.89 bits per heavy atom. The molecule has 0 saturated heterocycles. The quantitative estimate of drug-likeness (QED) is 0.879. The highest BCUT2D eigenvalue weighted by Gasteiger charge is 2.21. The van der Waals surface area contributed by atoms with Crippen LogP contribution in [-0.4, -0.2) is 17.4 Å². The van der Waals surface area contributed by atoms with E-state index in [1.807, 2.05) is 18.2 Å². The summed E-state index contributed by atoms with van der Waals surface area (Å²) in [5.41, 5.74) is 0.906. The van der Waals surface area contributed by atoms with Gasteiger partial charge in [-0.05, 0) is 18.4 Å². The molecule has 2 N–H and O–H groups in total. The maximum absolute atomic E-state index is 12.1. The summed E-state index contributed by atoms with van der Waals surface area (Å²) >= 11 is 0. The molecule has 0 unspecified atom stereocenters. The highest BCUT2D eigenvalue weighted by Crippen LogP contribution is 2.31. The fourth-order valence-corrected chi connectivity index (χ4v) is 2.28. The Labute approximate surface area is 110 Å². The molecule has 1 amide bonds. The lowest BCUT2D eigenvalue weighted by molar-refractivity contribution is 0.0954. The molecular weight excluding hydrogens is 240 g/mol. The van der Waals surface area contributed by atoms with Crippen LogP contribution in [0.5, 0.6) is 0 Å². The molecule has 98 valence electrons. The minimum Gasteiger partial charge on any atom is -0.352 e. The van der Waals surface area contributed by atoms with Gasteiger partial charge in [-0.1, -0.05) is 31.0 Å². The van der Waals surface area contributed by atoms with Gasteiger partial charge in [0.1, 0.15) is 0 Å². The van der Waals surface area contributed by atoms with Gasteiger partial charge in [-0.15, -0.1) is 0 Å². The zero-order chi connectivity index (χ0) is 13.2. The van der Waals surface area contributed by atoms with Crippen LogP contribution >= 0.6 is 0 Å². The van der Waals surface area contributed by atoms with Gasteiger partial charge in [0.05, 0.1) is 5.56 Å². The van der Waals surface area contributed by atoms with Crippen molar-refractivity contribution in [2.75, 3.05) is 6.54 Å². The molecule has 19 heavy (non-hydrogen) atoms. The van der Waals surface area contributed by atoms with Crippen molar-refractivity contribution < 1.29 is 4.79 Å². The first kappa shape index (κ1) is 12.0. The van der Waals surface area contributed by atoms with E-state index < -0.39 is 0 Å². The van der Waals surface area contributed by atoms with Crippen molar-refractivity contribution in [3.05, 3.63) is 46.2 Å². The van der Waals surface area contributed by atoms with Gasteiger partial charge in [0.15, 0.2) is 0 Å². The Bertz CT molecular complexity index is 671. The summed E-state index contributed by atoms with van der Waals surface area (Å²) in [6, 6.07) is 8.72. The minimum atomic E-state index is -0.244. The summed E-state index contributed by atoms with van der Waals surface area (Å²) in [6.45, 7) is 0.685. The summed E-state index contributed by atoms with van der Waals surface area (Å²) in [5.74, 6) is 0.624. The molecule has 1 saturated carbocycles. The Kier molecular flexibility index (Phi) is 3.07. The number of para-hydroxylation sites is 1. The number of fused-ring (bicyclic) bond motifs is 1. The molecule has 0 radical (unpaired) electrons. The van der Waals surface area contributed by atoms with Gasteiger partial charge in [-0.25, -0.2) is 0 Å². The van der Waals surface area contributed by atoms with E-state index in [-0.39, 0.29) is 11.5 Å². The van der Waals surface area contributed by atoms with Crippen LogP contribution in [-0.2, 0) is 0 Å². The van der Waals surface area contributed by atoms with Gasteiger partial charge in [0.25, 0.3) is 5.91 Å². The molecular formula is C15H16N2O2. The number of nitrogens with one attached hydrogen (secondary N) is 2. The SMILES string of the molecule is O=C(NCCC1CC1)c1cc(=O)[nH]c2ccccc12. The molecule has 1 aliphatic carbocycles. The molecule has 3 rings (SSSR count). The first-order chi connectivity index (χ1) is 9.24. The van der Waals surface area contributed by atoms with E-state index in [1.165, 1.54) is 18.9 Å². The minimum absolute atomic E-state index is 0.164. The second-order valence-corrected chi connectivity index (χ2v) is 5.08. The molecule has 0 spiro atoms. The summed E-state index contributed by atoms with van der Waals surface area (Å²) in [7, 11) is 0. The average molecular weight is 256 g/mol. The van der Waals surface area contributed by atoms with Crippen molar-refractivity contribution in [3.63, 3.8) is 0 Å². The molecule has 4 nitrogen and oxygen atoms in total. The number of carbonyl (C=O) groups is 1. The maximum atomic E-state index is 12.1. The molecule has 0 aliphatic heterocycles. The van der Waals surface area contributed by atoms with Gasteiger partial charge in [-0.3, -0.25) is 9.59 Å². The number of aromatic amines is 1. The Morgan fingerprint density at radius 1 is 1.32 bits per heavy atom. The molecule has 0 bridgehead atoms. The van der Waals surface area contributed by atoms with E-state index in [0.29, 0.717) is 17.6 Å². The van der Waals surface area contributed by atoms with Gasteiger partial charge in [0.2, 0.25) is 5.56 Å². The number of pyridine rings is 1. The number of hydrogen-bond donors (Lipinski definition) is 2. The van der Waals surface area contributed by atoms with Crippen LogP contribution in [0.4, 0.5) is 0 Å². The van der Waals surface area contributed by atoms with E-state index in [1.54, 1.807) is 6.07 Å². The van der Waals surface area contributed by atoms with E-state index >= 15 is 0 Å². The largest absolute Gasteiger partial charge is 0.352 e. The topological polar surface area (TPSA) is 62.0 Å². The number of aromatic nitrogens is 1. The van der Waals surface area contributed by atoms with E-state index in [0.717, 1.165) is 17.7 Å². The van der Waals surface area contributed by atoms with Gasteiger partial charge in [0, 0.05) is 23.5 Å². The Morgan fingerprint density at radius 2 is 2.11 bits per heavy atom. The van der Waals surface area contributed by atoms with Crippen LogP contribution in [0, 0.1) is 5.92 Å². The van der Waals surface area contributed by atoms with Crippen LogP contribution < -0.4 is 10.9 Å². The van der Waals surface area contributed by atoms with Gasteiger partial charge >= 0.3 is 0 Å². The third-order valence-corrected chi connectivity index (χ3v) is 3.53. The normalized spacial score (nSPS) is 14.5. The van der Waals surface area contributed by atoms with Gasteiger partial charge in [-0.2, -0.15) is 0 Å². The van der Waals surface area contributed by atoms with E-state index in [9.17, 15) is 9.59 Å². The number of hydrogen-bond acceptors (Lipinski definition) is 2. The van der Waals surface area contributed by atoms with Crippen molar-refractivity contribution in [2.45, 2.75) is 19.3 Å². The summed E-state index contributed by atoms with van der Waals surface area (Å²) in [5, 5.41) is 3.68.